The number of rotatable bonds is 3. The van der Waals surface area contributed by atoms with Crippen molar-refractivity contribution < 1.29 is 4.39 Å². The Morgan fingerprint density at radius 3 is 2.50 bits per heavy atom. The molecule has 0 amide bonds. The average Bonchev–Trinajstić information content (AvgIpc) is 2.03. The van der Waals surface area contributed by atoms with E-state index in [0.717, 1.165) is 4.90 Å². The van der Waals surface area contributed by atoms with Crippen LogP contribution in [0.4, 0.5) is 4.39 Å². The minimum Gasteiger partial charge on any atom is -0.250 e. The quantitative estimate of drug-likeness (QED) is 0.606. The molecule has 0 fully saturated rings. The van der Waals surface area contributed by atoms with Crippen LogP contribution in [0.15, 0.2) is 35.2 Å². The van der Waals surface area contributed by atoms with Crippen molar-refractivity contribution >= 4 is 11.8 Å². The molecular formula is C8H9FS. The van der Waals surface area contributed by atoms with Crippen molar-refractivity contribution in [2.24, 2.45) is 0 Å². The van der Waals surface area contributed by atoms with E-state index in [0.29, 0.717) is 5.75 Å². The summed E-state index contributed by atoms with van der Waals surface area (Å²) >= 11 is 1.55. The summed E-state index contributed by atoms with van der Waals surface area (Å²) in [7, 11) is 0. The highest BCUT2D eigenvalue weighted by atomic mass is 32.2. The molecule has 0 atom stereocenters. The van der Waals surface area contributed by atoms with Crippen LogP contribution in [0.5, 0.6) is 0 Å². The van der Waals surface area contributed by atoms with Gasteiger partial charge in [0.1, 0.15) is 0 Å². The lowest BCUT2D eigenvalue weighted by atomic mass is 10.4. The second kappa shape index (κ2) is 4.34. The highest BCUT2D eigenvalue weighted by Crippen LogP contribution is 2.15. The molecule has 0 unspecified atom stereocenters. The Balaban J connectivity index is 2.43. The fourth-order valence-corrected chi connectivity index (χ4v) is 1.34. The van der Waals surface area contributed by atoms with Gasteiger partial charge in [0.2, 0.25) is 0 Å². The first-order chi connectivity index (χ1) is 4.93. The molecule has 0 aliphatic rings. The van der Waals surface area contributed by atoms with Crippen molar-refractivity contribution in [3.8, 4) is 0 Å². The van der Waals surface area contributed by atoms with Gasteiger partial charge in [-0.25, -0.2) is 0 Å². The SMILES string of the molecule is FCCSc1ccccc1. The molecule has 0 saturated carbocycles. The molecule has 0 spiro atoms. The Kier molecular flexibility index (Phi) is 3.30. The molecule has 0 aliphatic heterocycles. The van der Waals surface area contributed by atoms with E-state index in [1.807, 2.05) is 30.3 Å². The molecule has 1 aromatic carbocycles. The van der Waals surface area contributed by atoms with Crippen molar-refractivity contribution in [3.05, 3.63) is 30.3 Å². The van der Waals surface area contributed by atoms with Crippen LogP contribution in [0.25, 0.3) is 0 Å². The largest absolute Gasteiger partial charge is 0.250 e. The summed E-state index contributed by atoms with van der Waals surface area (Å²) in [5.41, 5.74) is 0. The van der Waals surface area contributed by atoms with Crippen LogP contribution in [0.3, 0.4) is 0 Å². The van der Waals surface area contributed by atoms with Gasteiger partial charge in [0.25, 0.3) is 0 Å². The van der Waals surface area contributed by atoms with Crippen LogP contribution in [0, 0.1) is 0 Å². The lowest BCUT2D eigenvalue weighted by Crippen LogP contribution is -1.78. The lowest BCUT2D eigenvalue weighted by Gasteiger charge is -1.95. The van der Waals surface area contributed by atoms with Gasteiger partial charge >= 0.3 is 0 Å². The number of halogens is 1. The van der Waals surface area contributed by atoms with Crippen molar-refractivity contribution in [3.63, 3.8) is 0 Å². The van der Waals surface area contributed by atoms with Gasteiger partial charge in [-0.2, -0.15) is 0 Å². The molecule has 0 saturated heterocycles. The Morgan fingerprint density at radius 2 is 1.90 bits per heavy atom. The summed E-state index contributed by atoms with van der Waals surface area (Å²) in [6.07, 6.45) is 0. The average molecular weight is 156 g/mol. The topological polar surface area (TPSA) is 0 Å². The van der Waals surface area contributed by atoms with Crippen molar-refractivity contribution in [2.45, 2.75) is 4.90 Å². The van der Waals surface area contributed by atoms with Crippen molar-refractivity contribution in [1.29, 1.82) is 0 Å². The smallest absolute Gasteiger partial charge is 0.0988 e. The van der Waals surface area contributed by atoms with Gasteiger partial charge in [0, 0.05) is 10.6 Å². The molecule has 0 radical (unpaired) electrons. The van der Waals surface area contributed by atoms with Gasteiger partial charge < -0.3 is 0 Å². The summed E-state index contributed by atoms with van der Waals surface area (Å²) in [5.74, 6) is 0.560. The second-order valence-electron chi connectivity index (χ2n) is 1.85. The predicted octanol–water partition coefficient (Wildman–Crippen LogP) is 2.75. The van der Waals surface area contributed by atoms with E-state index >= 15 is 0 Å². The summed E-state index contributed by atoms with van der Waals surface area (Å²) in [6, 6.07) is 9.85. The molecule has 54 valence electrons. The van der Waals surface area contributed by atoms with Crippen LogP contribution in [-0.4, -0.2) is 12.4 Å². The fraction of sp³-hybridized carbons (Fsp3) is 0.250. The lowest BCUT2D eigenvalue weighted by molar-refractivity contribution is 0.533. The Hall–Kier alpha value is -0.500. The number of benzene rings is 1. The zero-order valence-electron chi connectivity index (χ0n) is 5.59. The monoisotopic (exact) mass is 156 g/mol. The zero-order chi connectivity index (χ0) is 7.23. The van der Waals surface area contributed by atoms with Crippen LogP contribution in [0.1, 0.15) is 0 Å². The summed E-state index contributed by atoms with van der Waals surface area (Å²) < 4.78 is 11.7. The number of alkyl halides is 1. The van der Waals surface area contributed by atoms with Crippen molar-refractivity contribution in [1.82, 2.24) is 0 Å². The third-order valence-electron chi connectivity index (χ3n) is 1.09. The standard InChI is InChI=1S/C8H9FS/c9-6-7-10-8-4-2-1-3-5-8/h1-5H,6-7H2. The van der Waals surface area contributed by atoms with Gasteiger partial charge in [-0.3, -0.25) is 4.39 Å². The summed E-state index contributed by atoms with van der Waals surface area (Å²) in [5, 5.41) is 0. The van der Waals surface area contributed by atoms with Gasteiger partial charge in [0.15, 0.2) is 0 Å². The maximum absolute atomic E-state index is 11.7. The first kappa shape index (κ1) is 7.61. The molecule has 2 heteroatoms. The molecular weight excluding hydrogens is 147 g/mol. The Labute approximate surface area is 64.4 Å². The van der Waals surface area contributed by atoms with Crippen LogP contribution in [-0.2, 0) is 0 Å². The molecule has 0 aliphatic carbocycles. The summed E-state index contributed by atoms with van der Waals surface area (Å²) in [6.45, 7) is -0.250. The first-order valence-corrected chi connectivity index (χ1v) is 4.16. The number of hydrogen-bond acceptors (Lipinski definition) is 1. The third kappa shape index (κ3) is 2.40. The third-order valence-corrected chi connectivity index (χ3v) is 2.05. The molecule has 1 aromatic rings. The number of hydrogen-bond donors (Lipinski definition) is 0. The number of thioether (sulfide) groups is 1. The minimum absolute atomic E-state index is 0.250. The Bertz CT molecular complexity index is 174. The fourth-order valence-electron chi connectivity index (χ4n) is 0.673. The Morgan fingerprint density at radius 1 is 1.20 bits per heavy atom. The highest BCUT2D eigenvalue weighted by Gasteiger charge is 1.89. The molecule has 1 rings (SSSR count). The van der Waals surface area contributed by atoms with Crippen molar-refractivity contribution in [2.75, 3.05) is 12.4 Å². The van der Waals surface area contributed by atoms with E-state index in [-0.39, 0.29) is 6.67 Å². The van der Waals surface area contributed by atoms with Gasteiger partial charge in [0.05, 0.1) is 6.67 Å². The van der Waals surface area contributed by atoms with Gasteiger partial charge in [-0.1, -0.05) is 18.2 Å². The zero-order valence-corrected chi connectivity index (χ0v) is 6.40. The van der Waals surface area contributed by atoms with E-state index < -0.39 is 0 Å². The normalized spacial score (nSPS) is 9.70. The van der Waals surface area contributed by atoms with Crippen LogP contribution >= 0.6 is 11.8 Å². The molecule has 0 N–H and O–H groups in total. The molecule has 0 bridgehead atoms. The van der Waals surface area contributed by atoms with E-state index in [9.17, 15) is 4.39 Å². The van der Waals surface area contributed by atoms with E-state index in [1.165, 1.54) is 0 Å². The van der Waals surface area contributed by atoms with E-state index in [4.69, 9.17) is 0 Å². The first-order valence-electron chi connectivity index (χ1n) is 3.17. The highest BCUT2D eigenvalue weighted by molar-refractivity contribution is 7.99. The summed E-state index contributed by atoms with van der Waals surface area (Å²) in [4.78, 5) is 1.14. The van der Waals surface area contributed by atoms with Gasteiger partial charge in [-0.15, -0.1) is 11.8 Å². The predicted molar refractivity (Wildman–Crippen MR) is 43.1 cm³/mol. The van der Waals surface area contributed by atoms with Gasteiger partial charge in [-0.05, 0) is 12.1 Å². The maximum Gasteiger partial charge on any atom is 0.0988 e. The van der Waals surface area contributed by atoms with E-state index in [2.05, 4.69) is 0 Å². The minimum atomic E-state index is -0.250. The molecule has 0 nitrogen and oxygen atoms in total. The van der Waals surface area contributed by atoms with Crippen LogP contribution in [0.2, 0.25) is 0 Å². The maximum atomic E-state index is 11.7. The second-order valence-corrected chi connectivity index (χ2v) is 3.02. The molecule has 0 aromatic heterocycles. The van der Waals surface area contributed by atoms with E-state index in [1.54, 1.807) is 11.8 Å². The molecule has 10 heavy (non-hydrogen) atoms. The van der Waals surface area contributed by atoms with Crippen LogP contribution < -0.4 is 0 Å². The molecule has 0 heterocycles.